The van der Waals surface area contributed by atoms with Crippen molar-refractivity contribution in [1.82, 2.24) is 4.90 Å². The Labute approximate surface area is 82.8 Å². The number of nitrogens with zero attached hydrogens (tertiary/aromatic N) is 1. The smallest absolute Gasteiger partial charge is 0.0471 e. The van der Waals surface area contributed by atoms with E-state index >= 15 is 0 Å². The van der Waals surface area contributed by atoms with E-state index in [9.17, 15) is 0 Å². The minimum absolute atomic E-state index is 0.276. The predicted octanol–water partition coefficient (Wildman–Crippen LogP) is 1.62. The lowest BCUT2D eigenvalue weighted by Gasteiger charge is -2.13. The molecule has 0 radical (unpaired) electrons. The fourth-order valence-electron chi connectivity index (χ4n) is 1.45. The Hall–Kier alpha value is 0.240. The van der Waals surface area contributed by atoms with E-state index in [1.54, 1.807) is 0 Å². The molecule has 0 aromatic heterocycles. The SMILES string of the molecule is OCC1CCN(CC(Cl)=CCl)C1. The van der Waals surface area contributed by atoms with E-state index in [0.29, 0.717) is 17.5 Å². The van der Waals surface area contributed by atoms with E-state index < -0.39 is 0 Å². The molecule has 1 fully saturated rings. The molecule has 0 saturated carbocycles. The van der Waals surface area contributed by atoms with Gasteiger partial charge in [-0.3, -0.25) is 4.90 Å². The van der Waals surface area contributed by atoms with Crippen LogP contribution in [0.5, 0.6) is 0 Å². The highest BCUT2D eigenvalue weighted by Gasteiger charge is 2.21. The van der Waals surface area contributed by atoms with Gasteiger partial charge < -0.3 is 5.11 Å². The summed E-state index contributed by atoms with van der Waals surface area (Å²) in [5, 5.41) is 9.54. The number of rotatable bonds is 3. The van der Waals surface area contributed by atoms with Crippen molar-refractivity contribution in [3.8, 4) is 0 Å². The second kappa shape index (κ2) is 5.07. The first-order valence-corrected chi connectivity index (χ1v) is 4.85. The Morgan fingerprint density at radius 3 is 2.92 bits per heavy atom. The fourth-order valence-corrected chi connectivity index (χ4v) is 1.69. The molecule has 4 heteroatoms. The Bertz CT molecular complexity index is 172. The summed E-state index contributed by atoms with van der Waals surface area (Å²) in [7, 11) is 0. The zero-order valence-corrected chi connectivity index (χ0v) is 8.35. The lowest BCUT2D eigenvalue weighted by atomic mass is 10.1. The summed E-state index contributed by atoms with van der Waals surface area (Å²) in [6.07, 6.45) is 1.06. The highest BCUT2D eigenvalue weighted by atomic mass is 35.5. The zero-order valence-electron chi connectivity index (χ0n) is 6.84. The topological polar surface area (TPSA) is 23.5 Å². The highest BCUT2D eigenvalue weighted by molar-refractivity contribution is 6.36. The molecule has 1 N–H and O–H groups in total. The molecule has 0 spiro atoms. The van der Waals surface area contributed by atoms with E-state index in [1.807, 2.05) is 0 Å². The number of likely N-dealkylation sites (tertiary alicyclic amines) is 1. The van der Waals surface area contributed by atoms with Gasteiger partial charge in [-0.2, -0.15) is 0 Å². The van der Waals surface area contributed by atoms with Crippen molar-refractivity contribution < 1.29 is 5.11 Å². The summed E-state index contributed by atoms with van der Waals surface area (Å²) in [6.45, 7) is 2.92. The Kier molecular flexibility index (Phi) is 4.36. The second-order valence-corrected chi connectivity index (χ2v) is 3.83. The molecule has 1 rings (SSSR count). The average Bonchev–Trinajstić information content (AvgIpc) is 2.52. The van der Waals surface area contributed by atoms with Crippen LogP contribution in [0, 0.1) is 5.92 Å². The Balaban J connectivity index is 2.28. The summed E-state index contributed by atoms with van der Waals surface area (Å²) >= 11 is 11.2. The molecule has 0 bridgehead atoms. The third-order valence-electron chi connectivity index (χ3n) is 2.12. The van der Waals surface area contributed by atoms with Gasteiger partial charge in [-0.25, -0.2) is 0 Å². The molecular weight excluding hydrogens is 197 g/mol. The molecule has 1 aliphatic rings. The number of hydrogen-bond donors (Lipinski definition) is 1. The van der Waals surface area contributed by atoms with Gasteiger partial charge in [0.25, 0.3) is 0 Å². The molecule has 0 aliphatic carbocycles. The van der Waals surface area contributed by atoms with Crippen LogP contribution in [0.2, 0.25) is 0 Å². The van der Waals surface area contributed by atoms with Gasteiger partial charge in [-0.05, 0) is 18.9 Å². The first kappa shape index (κ1) is 10.3. The minimum atomic E-state index is 0.276. The van der Waals surface area contributed by atoms with Gasteiger partial charge in [0.2, 0.25) is 0 Å². The first-order chi connectivity index (χ1) is 5.76. The third kappa shape index (κ3) is 2.94. The fraction of sp³-hybridized carbons (Fsp3) is 0.750. The van der Waals surface area contributed by atoms with Crippen molar-refractivity contribution in [1.29, 1.82) is 0 Å². The largest absolute Gasteiger partial charge is 0.396 e. The first-order valence-electron chi connectivity index (χ1n) is 4.04. The molecule has 1 heterocycles. The van der Waals surface area contributed by atoms with E-state index in [-0.39, 0.29) is 6.61 Å². The summed E-state index contributed by atoms with van der Waals surface area (Å²) in [5.74, 6) is 0.421. The highest BCUT2D eigenvalue weighted by Crippen LogP contribution is 2.17. The van der Waals surface area contributed by atoms with Gasteiger partial charge in [-0.1, -0.05) is 23.2 Å². The van der Waals surface area contributed by atoms with Crippen molar-refractivity contribution in [2.45, 2.75) is 6.42 Å². The Morgan fingerprint density at radius 1 is 1.67 bits per heavy atom. The monoisotopic (exact) mass is 209 g/mol. The lowest BCUT2D eigenvalue weighted by Crippen LogP contribution is -2.22. The molecule has 12 heavy (non-hydrogen) atoms. The number of aliphatic hydroxyl groups excluding tert-OH is 1. The molecule has 0 amide bonds. The van der Waals surface area contributed by atoms with Gasteiger partial charge in [-0.15, -0.1) is 0 Å². The molecule has 1 unspecified atom stereocenters. The van der Waals surface area contributed by atoms with Crippen LogP contribution >= 0.6 is 23.2 Å². The molecule has 0 aromatic rings. The van der Waals surface area contributed by atoms with Crippen LogP contribution in [-0.4, -0.2) is 36.2 Å². The van der Waals surface area contributed by atoms with Crippen molar-refractivity contribution in [2.24, 2.45) is 5.92 Å². The normalized spacial score (nSPS) is 26.6. The van der Waals surface area contributed by atoms with Crippen molar-refractivity contribution >= 4 is 23.2 Å². The maximum Gasteiger partial charge on any atom is 0.0471 e. The van der Waals surface area contributed by atoms with Crippen LogP contribution < -0.4 is 0 Å². The van der Waals surface area contributed by atoms with E-state index in [1.165, 1.54) is 5.54 Å². The van der Waals surface area contributed by atoms with Gasteiger partial charge in [0.15, 0.2) is 0 Å². The van der Waals surface area contributed by atoms with Gasteiger partial charge in [0, 0.05) is 30.3 Å². The van der Waals surface area contributed by atoms with Gasteiger partial charge in [0.05, 0.1) is 0 Å². The maximum absolute atomic E-state index is 8.87. The van der Waals surface area contributed by atoms with E-state index in [2.05, 4.69) is 4.90 Å². The maximum atomic E-state index is 8.87. The summed E-state index contributed by atoms with van der Waals surface area (Å²) < 4.78 is 0. The number of aliphatic hydroxyl groups is 1. The molecule has 1 atom stereocenters. The second-order valence-electron chi connectivity index (χ2n) is 3.13. The number of hydrogen-bond acceptors (Lipinski definition) is 2. The molecular formula is C8H13Cl2NO. The van der Waals surface area contributed by atoms with Crippen LogP contribution in [-0.2, 0) is 0 Å². The molecule has 2 nitrogen and oxygen atoms in total. The minimum Gasteiger partial charge on any atom is -0.396 e. The van der Waals surface area contributed by atoms with Gasteiger partial charge >= 0.3 is 0 Å². The quantitative estimate of drug-likeness (QED) is 0.765. The molecule has 1 saturated heterocycles. The predicted molar refractivity (Wildman–Crippen MR) is 51.4 cm³/mol. The van der Waals surface area contributed by atoms with Crippen LogP contribution in [0.4, 0.5) is 0 Å². The Morgan fingerprint density at radius 2 is 2.42 bits per heavy atom. The van der Waals surface area contributed by atoms with E-state index in [0.717, 1.165) is 19.5 Å². The van der Waals surface area contributed by atoms with Gasteiger partial charge in [0.1, 0.15) is 0 Å². The van der Waals surface area contributed by atoms with Crippen molar-refractivity contribution in [3.63, 3.8) is 0 Å². The molecule has 1 aliphatic heterocycles. The molecule has 0 aromatic carbocycles. The summed E-state index contributed by atoms with van der Waals surface area (Å²) in [5.41, 5.74) is 1.40. The average molecular weight is 210 g/mol. The lowest BCUT2D eigenvalue weighted by molar-refractivity contribution is 0.225. The standard InChI is InChI=1S/C8H13Cl2NO/c9-3-8(10)5-11-2-1-7(4-11)6-12/h3,7,12H,1-2,4-6H2. The van der Waals surface area contributed by atoms with Crippen molar-refractivity contribution in [3.05, 3.63) is 10.6 Å². The van der Waals surface area contributed by atoms with Crippen LogP contribution in [0.15, 0.2) is 10.6 Å². The number of halogens is 2. The van der Waals surface area contributed by atoms with Crippen LogP contribution in [0.1, 0.15) is 6.42 Å². The van der Waals surface area contributed by atoms with Crippen LogP contribution in [0.25, 0.3) is 0 Å². The molecule has 70 valence electrons. The van der Waals surface area contributed by atoms with Crippen molar-refractivity contribution in [2.75, 3.05) is 26.2 Å². The van der Waals surface area contributed by atoms with E-state index in [4.69, 9.17) is 28.3 Å². The third-order valence-corrected chi connectivity index (χ3v) is 2.72. The summed E-state index contributed by atoms with van der Waals surface area (Å²) in [6, 6.07) is 0. The summed E-state index contributed by atoms with van der Waals surface area (Å²) in [4.78, 5) is 2.20. The zero-order chi connectivity index (χ0) is 8.97. The van der Waals surface area contributed by atoms with Crippen LogP contribution in [0.3, 0.4) is 0 Å².